The number of carbonyl (C=O) groups is 2. The van der Waals surface area contributed by atoms with Gasteiger partial charge in [0.25, 0.3) is 5.91 Å². The molecule has 2 amide bonds. The number of carbonyl (C=O) groups excluding carboxylic acids is 2. The van der Waals surface area contributed by atoms with Crippen molar-refractivity contribution < 1.29 is 19.1 Å². The van der Waals surface area contributed by atoms with E-state index in [0.717, 1.165) is 0 Å². The summed E-state index contributed by atoms with van der Waals surface area (Å²) in [7, 11) is 1.48. The summed E-state index contributed by atoms with van der Waals surface area (Å²) < 4.78 is 10.3. The Morgan fingerprint density at radius 2 is 2.21 bits per heavy atom. The van der Waals surface area contributed by atoms with Crippen molar-refractivity contribution in [2.45, 2.75) is 6.42 Å². The van der Waals surface area contributed by atoms with Gasteiger partial charge < -0.3 is 19.7 Å². The average molecular weight is 328 g/mol. The van der Waals surface area contributed by atoms with Crippen LogP contribution >= 0.6 is 0 Å². The van der Waals surface area contributed by atoms with Crippen molar-refractivity contribution in [2.24, 2.45) is 0 Å². The van der Waals surface area contributed by atoms with Crippen LogP contribution in [0.4, 0.5) is 11.5 Å². The predicted molar refractivity (Wildman–Crippen MR) is 86.1 cm³/mol. The van der Waals surface area contributed by atoms with Gasteiger partial charge in [0.2, 0.25) is 11.8 Å². The standard InChI is InChI=1S/C16H16N4O4/c1-23-15-8-13(17-10-18-15)19-14(21)6-7-20-11-4-2-3-5-12(11)24-9-16(20)22/h2-5,8,10H,6-7,9H2,1H3,(H,17,18,19,21). The van der Waals surface area contributed by atoms with E-state index in [1.54, 1.807) is 17.0 Å². The number of rotatable bonds is 5. The lowest BCUT2D eigenvalue weighted by molar-refractivity contribution is -0.121. The molecule has 0 radical (unpaired) electrons. The Hall–Kier alpha value is -3.16. The van der Waals surface area contributed by atoms with Gasteiger partial charge in [-0.05, 0) is 12.1 Å². The molecule has 0 bridgehead atoms. The van der Waals surface area contributed by atoms with Crippen molar-refractivity contribution in [1.82, 2.24) is 9.97 Å². The summed E-state index contributed by atoms with van der Waals surface area (Å²) in [6.07, 6.45) is 1.43. The molecule has 1 aromatic carbocycles. The molecule has 24 heavy (non-hydrogen) atoms. The third kappa shape index (κ3) is 3.43. The summed E-state index contributed by atoms with van der Waals surface area (Å²) in [4.78, 5) is 33.5. The molecule has 0 atom stereocenters. The maximum atomic E-state index is 12.1. The largest absolute Gasteiger partial charge is 0.482 e. The number of hydrogen-bond donors (Lipinski definition) is 1. The highest BCUT2D eigenvalue weighted by atomic mass is 16.5. The summed E-state index contributed by atoms with van der Waals surface area (Å²) >= 11 is 0. The van der Waals surface area contributed by atoms with Gasteiger partial charge in [0.1, 0.15) is 17.9 Å². The van der Waals surface area contributed by atoms with E-state index in [1.807, 2.05) is 12.1 Å². The summed E-state index contributed by atoms with van der Waals surface area (Å²) in [5.74, 6) is 0.911. The highest BCUT2D eigenvalue weighted by Crippen LogP contribution is 2.31. The maximum Gasteiger partial charge on any atom is 0.265 e. The summed E-state index contributed by atoms with van der Waals surface area (Å²) in [5, 5.41) is 2.66. The number of nitrogens with zero attached hydrogens (tertiary/aromatic N) is 3. The Balaban J connectivity index is 1.63. The smallest absolute Gasteiger partial charge is 0.265 e. The molecule has 8 nitrogen and oxygen atoms in total. The van der Waals surface area contributed by atoms with Gasteiger partial charge in [0.15, 0.2) is 6.61 Å². The van der Waals surface area contributed by atoms with Crippen molar-refractivity contribution in [1.29, 1.82) is 0 Å². The van der Waals surface area contributed by atoms with Gasteiger partial charge in [0.05, 0.1) is 12.8 Å². The van der Waals surface area contributed by atoms with E-state index in [1.165, 1.54) is 19.5 Å². The van der Waals surface area contributed by atoms with Crippen molar-refractivity contribution in [3.8, 4) is 11.6 Å². The number of ether oxygens (including phenoxy) is 2. The predicted octanol–water partition coefficient (Wildman–Crippen LogP) is 1.24. The molecule has 3 rings (SSSR count). The topological polar surface area (TPSA) is 93.7 Å². The van der Waals surface area contributed by atoms with Crippen molar-refractivity contribution in [2.75, 3.05) is 30.5 Å². The number of methoxy groups -OCH3 is 1. The van der Waals surface area contributed by atoms with E-state index in [9.17, 15) is 9.59 Å². The van der Waals surface area contributed by atoms with Gasteiger partial charge >= 0.3 is 0 Å². The molecule has 0 saturated heterocycles. The van der Waals surface area contributed by atoms with Gasteiger partial charge in [-0.2, -0.15) is 0 Å². The lowest BCUT2D eigenvalue weighted by atomic mass is 10.2. The Labute approximate surface area is 138 Å². The van der Waals surface area contributed by atoms with Crippen LogP contribution in [0.2, 0.25) is 0 Å². The first kappa shape index (κ1) is 15.7. The Bertz CT molecular complexity index is 765. The third-order valence-electron chi connectivity index (χ3n) is 3.49. The fraction of sp³-hybridized carbons (Fsp3) is 0.250. The van der Waals surface area contributed by atoms with Crippen LogP contribution in [-0.4, -0.2) is 42.0 Å². The molecule has 0 spiro atoms. The minimum atomic E-state index is -0.257. The minimum absolute atomic E-state index is 0.0261. The van der Waals surface area contributed by atoms with Gasteiger partial charge in [-0.1, -0.05) is 12.1 Å². The Morgan fingerprint density at radius 1 is 1.38 bits per heavy atom. The monoisotopic (exact) mass is 328 g/mol. The van der Waals surface area contributed by atoms with E-state index < -0.39 is 0 Å². The number of amides is 2. The quantitative estimate of drug-likeness (QED) is 0.887. The van der Waals surface area contributed by atoms with E-state index in [-0.39, 0.29) is 31.4 Å². The van der Waals surface area contributed by atoms with E-state index in [0.29, 0.717) is 23.1 Å². The molecule has 0 fully saturated rings. The number of benzene rings is 1. The maximum absolute atomic E-state index is 12.1. The SMILES string of the molecule is COc1cc(NC(=O)CCN2C(=O)COc3ccccc32)ncn1. The van der Waals surface area contributed by atoms with Gasteiger partial charge in [-0.25, -0.2) is 9.97 Å². The van der Waals surface area contributed by atoms with Crippen LogP contribution in [0.3, 0.4) is 0 Å². The summed E-state index contributed by atoms with van der Waals surface area (Å²) in [6.45, 7) is 0.231. The highest BCUT2D eigenvalue weighted by molar-refractivity contribution is 5.99. The van der Waals surface area contributed by atoms with Crippen LogP contribution < -0.4 is 19.7 Å². The van der Waals surface area contributed by atoms with Gasteiger partial charge in [-0.15, -0.1) is 0 Å². The lowest BCUT2D eigenvalue weighted by Gasteiger charge is -2.29. The molecule has 1 N–H and O–H groups in total. The Morgan fingerprint density at radius 3 is 3.04 bits per heavy atom. The normalized spacial score (nSPS) is 13.0. The molecule has 0 unspecified atom stereocenters. The van der Waals surface area contributed by atoms with Crippen LogP contribution in [-0.2, 0) is 9.59 Å². The van der Waals surface area contributed by atoms with Crippen LogP contribution in [0.25, 0.3) is 0 Å². The highest BCUT2D eigenvalue weighted by Gasteiger charge is 2.25. The second-order valence-corrected chi connectivity index (χ2v) is 5.05. The zero-order valence-corrected chi connectivity index (χ0v) is 13.1. The molecular weight excluding hydrogens is 312 g/mol. The molecule has 8 heteroatoms. The molecule has 0 saturated carbocycles. The van der Waals surface area contributed by atoms with Crippen LogP contribution in [0, 0.1) is 0 Å². The zero-order chi connectivity index (χ0) is 16.9. The van der Waals surface area contributed by atoms with E-state index in [4.69, 9.17) is 9.47 Å². The molecule has 2 heterocycles. The molecule has 124 valence electrons. The molecule has 1 aliphatic heterocycles. The van der Waals surface area contributed by atoms with Gasteiger partial charge in [0, 0.05) is 19.0 Å². The third-order valence-corrected chi connectivity index (χ3v) is 3.49. The Kier molecular flexibility index (Phi) is 4.55. The first-order chi connectivity index (χ1) is 11.7. The first-order valence-electron chi connectivity index (χ1n) is 7.35. The molecule has 0 aliphatic carbocycles. The zero-order valence-electron chi connectivity index (χ0n) is 13.1. The fourth-order valence-corrected chi connectivity index (χ4v) is 2.34. The molecule has 1 aliphatic rings. The van der Waals surface area contributed by atoms with Crippen molar-refractivity contribution in [3.05, 3.63) is 36.7 Å². The summed E-state index contributed by atoms with van der Waals surface area (Å²) in [5.41, 5.74) is 0.672. The van der Waals surface area contributed by atoms with Crippen molar-refractivity contribution in [3.63, 3.8) is 0 Å². The van der Waals surface area contributed by atoms with E-state index in [2.05, 4.69) is 15.3 Å². The number of fused-ring (bicyclic) bond motifs is 1. The van der Waals surface area contributed by atoms with Crippen LogP contribution in [0.1, 0.15) is 6.42 Å². The van der Waals surface area contributed by atoms with E-state index >= 15 is 0 Å². The number of aromatic nitrogens is 2. The van der Waals surface area contributed by atoms with Crippen molar-refractivity contribution >= 4 is 23.3 Å². The average Bonchev–Trinajstić information content (AvgIpc) is 2.61. The number of anilines is 2. The number of nitrogens with one attached hydrogen (secondary N) is 1. The molecule has 1 aromatic heterocycles. The lowest BCUT2D eigenvalue weighted by Crippen LogP contribution is -2.40. The second kappa shape index (κ2) is 6.95. The second-order valence-electron chi connectivity index (χ2n) is 5.05. The van der Waals surface area contributed by atoms with Crippen LogP contribution in [0.15, 0.2) is 36.7 Å². The molecule has 2 aromatic rings. The van der Waals surface area contributed by atoms with Gasteiger partial charge in [-0.3, -0.25) is 9.59 Å². The summed E-state index contributed by atoms with van der Waals surface area (Å²) in [6, 6.07) is 8.76. The molecular formula is C16H16N4O4. The number of para-hydroxylation sites is 2. The first-order valence-corrected chi connectivity index (χ1v) is 7.35. The minimum Gasteiger partial charge on any atom is -0.482 e. The van der Waals surface area contributed by atoms with Crippen LogP contribution in [0.5, 0.6) is 11.6 Å². The fourth-order valence-electron chi connectivity index (χ4n) is 2.34. The number of hydrogen-bond acceptors (Lipinski definition) is 6.